The molecule has 0 bridgehead atoms. The van der Waals surface area contributed by atoms with E-state index in [0.29, 0.717) is 17.8 Å². The van der Waals surface area contributed by atoms with Gasteiger partial charge in [-0.2, -0.15) is 0 Å². The monoisotopic (exact) mass is 475 g/mol. The Kier molecular flexibility index (Phi) is 10.4. The van der Waals surface area contributed by atoms with E-state index in [9.17, 15) is 13.6 Å². The van der Waals surface area contributed by atoms with Crippen LogP contribution < -0.4 is 15.5 Å². The fourth-order valence-electron chi connectivity index (χ4n) is 3.99. The van der Waals surface area contributed by atoms with E-state index in [1.807, 2.05) is 39.0 Å². The number of pyridine rings is 1. The second kappa shape index (κ2) is 12.7. The van der Waals surface area contributed by atoms with Gasteiger partial charge in [-0.05, 0) is 63.3 Å². The van der Waals surface area contributed by atoms with Gasteiger partial charge in [-0.3, -0.25) is 9.18 Å². The standard InChI is InChI=1S/C24H34FN5O.C2H5F/c1-6-7-8-27-23-22(16(2)13-21(31)29-23)17(3)19-14-18(24(4,5)25)15-20(28-19)30-11-9-26-10-12-30;1-2-3/h7-8,14-16,26H,6,9-13H2,1-5H3,(H,27,29,31);2H2,1H3/b8-7+,22-17+;. The number of piperidine rings is 1. The minimum Gasteiger partial charge on any atom is -0.354 e. The number of amides is 1. The van der Waals surface area contributed by atoms with Crippen LogP contribution in [0.5, 0.6) is 0 Å². The van der Waals surface area contributed by atoms with Crippen LogP contribution in [-0.2, 0) is 10.5 Å². The van der Waals surface area contributed by atoms with E-state index in [1.54, 1.807) is 20.0 Å². The van der Waals surface area contributed by atoms with Gasteiger partial charge >= 0.3 is 0 Å². The van der Waals surface area contributed by atoms with E-state index in [4.69, 9.17) is 4.98 Å². The molecule has 34 heavy (non-hydrogen) atoms. The number of piperazine rings is 1. The topological polar surface area (TPSA) is 69.6 Å². The van der Waals surface area contributed by atoms with Crippen molar-refractivity contribution in [1.29, 1.82) is 0 Å². The van der Waals surface area contributed by atoms with Crippen molar-refractivity contribution in [2.24, 2.45) is 10.9 Å². The fraction of sp³-hybridized carbons (Fsp3) is 0.577. The molecule has 188 valence electrons. The first kappa shape index (κ1) is 27.6. The van der Waals surface area contributed by atoms with Gasteiger partial charge in [-0.1, -0.05) is 19.9 Å². The van der Waals surface area contributed by atoms with Gasteiger partial charge in [0.25, 0.3) is 0 Å². The molecule has 8 heteroatoms. The maximum Gasteiger partial charge on any atom is 0.226 e. The molecule has 0 radical (unpaired) electrons. The van der Waals surface area contributed by atoms with Gasteiger partial charge in [0.05, 0.1) is 12.4 Å². The fourth-order valence-corrected chi connectivity index (χ4v) is 3.99. The molecular weight excluding hydrogens is 436 g/mol. The number of nitrogens with one attached hydrogen (secondary N) is 2. The number of aliphatic imine (C=N–C) groups is 1. The second-order valence-corrected chi connectivity index (χ2v) is 9.04. The number of amidine groups is 1. The number of nitrogens with zero attached hydrogens (tertiary/aromatic N) is 3. The van der Waals surface area contributed by atoms with E-state index in [0.717, 1.165) is 55.3 Å². The summed E-state index contributed by atoms with van der Waals surface area (Å²) in [5.41, 5.74) is 1.70. The molecule has 2 N–H and O–H groups in total. The summed E-state index contributed by atoms with van der Waals surface area (Å²) < 4.78 is 25.3. The number of rotatable bonds is 5. The molecule has 2 saturated heterocycles. The SMILES string of the molecule is CC/C=C/N=C1\NC(=O)CC(C)\C1=C(\C)c1cc(C(C)(C)F)cc(N2CCNCC2)n1.CCF. The number of carbonyl (C=O) groups is 1. The summed E-state index contributed by atoms with van der Waals surface area (Å²) in [5.74, 6) is 1.30. The summed E-state index contributed by atoms with van der Waals surface area (Å²) in [6.45, 7) is 13.8. The number of hydrogen-bond acceptors (Lipinski definition) is 5. The van der Waals surface area contributed by atoms with E-state index >= 15 is 0 Å². The van der Waals surface area contributed by atoms with Gasteiger partial charge in [0.1, 0.15) is 17.3 Å². The number of aromatic nitrogens is 1. The van der Waals surface area contributed by atoms with Crippen LogP contribution in [0.1, 0.15) is 65.6 Å². The van der Waals surface area contributed by atoms with Crippen LogP contribution in [0.25, 0.3) is 5.57 Å². The quantitative estimate of drug-likeness (QED) is 0.634. The van der Waals surface area contributed by atoms with Gasteiger partial charge in [0, 0.05) is 44.4 Å². The lowest BCUT2D eigenvalue weighted by atomic mass is 9.87. The third-order valence-corrected chi connectivity index (χ3v) is 5.77. The summed E-state index contributed by atoms with van der Waals surface area (Å²) in [6.07, 6.45) is 4.92. The molecule has 0 aromatic carbocycles. The lowest BCUT2D eigenvalue weighted by molar-refractivity contribution is -0.120. The predicted molar refractivity (Wildman–Crippen MR) is 136 cm³/mol. The van der Waals surface area contributed by atoms with Crippen LogP contribution in [0.2, 0.25) is 0 Å². The molecule has 0 spiro atoms. The minimum atomic E-state index is -1.49. The normalized spacial score (nSPS) is 21.9. The van der Waals surface area contributed by atoms with Crippen molar-refractivity contribution in [2.45, 2.75) is 60.1 Å². The molecule has 1 atom stereocenters. The molecular formula is C26H39F2N5O. The van der Waals surface area contributed by atoms with Crippen molar-refractivity contribution in [3.8, 4) is 0 Å². The Labute approximate surface area is 202 Å². The van der Waals surface area contributed by atoms with E-state index in [2.05, 4.69) is 20.5 Å². The first-order valence-corrected chi connectivity index (χ1v) is 12.1. The summed E-state index contributed by atoms with van der Waals surface area (Å²) >= 11 is 0. The smallest absolute Gasteiger partial charge is 0.226 e. The van der Waals surface area contributed by atoms with Gasteiger partial charge < -0.3 is 15.5 Å². The number of halogens is 2. The summed E-state index contributed by atoms with van der Waals surface area (Å²) in [5, 5.41) is 6.25. The zero-order chi connectivity index (χ0) is 25.3. The van der Waals surface area contributed by atoms with Gasteiger partial charge in [-0.15, -0.1) is 0 Å². The van der Waals surface area contributed by atoms with Gasteiger partial charge in [0.2, 0.25) is 5.91 Å². The average Bonchev–Trinajstić information content (AvgIpc) is 2.79. The van der Waals surface area contributed by atoms with Crippen LogP contribution in [0, 0.1) is 5.92 Å². The number of allylic oxidation sites excluding steroid dienone is 2. The Morgan fingerprint density at radius 3 is 2.53 bits per heavy atom. The molecule has 3 rings (SSSR count). The molecule has 1 aromatic heterocycles. The highest BCUT2D eigenvalue weighted by atomic mass is 19.1. The summed E-state index contributed by atoms with van der Waals surface area (Å²) in [4.78, 5) is 23.8. The van der Waals surface area contributed by atoms with Crippen molar-refractivity contribution >= 4 is 23.1 Å². The zero-order valence-corrected chi connectivity index (χ0v) is 21.3. The molecule has 1 amide bonds. The van der Waals surface area contributed by atoms with Crippen molar-refractivity contribution in [2.75, 3.05) is 37.8 Å². The second-order valence-electron chi connectivity index (χ2n) is 9.04. The number of hydrogen-bond donors (Lipinski definition) is 2. The first-order chi connectivity index (χ1) is 16.1. The van der Waals surface area contributed by atoms with Crippen LogP contribution in [0.3, 0.4) is 0 Å². The predicted octanol–water partition coefficient (Wildman–Crippen LogP) is 4.92. The summed E-state index contributed by atoms with van der Waals surface area (Å²) in [6, 6.07) is 3.69. The zero-order valence-electron chi connectivity index (χ0n) is 21.3. The Hall–Kier alpha value is -2.61. The van der Waals surface area contributed by atoms with Crippen LogP contribution in [-0.4, -0.2) is 49.6 Å². The highest BCUT2D eigenvalue weighted by Crippen LogP contribution is 2.33. The van der Waals surface area contributed by atoms with Crippen molar-refractivity contribution < 1.29 is 13.6 Å². The van der Waals surface area contributed by atoms with Crippen molar-refractivity contribution in [3.63, 3.8) is 0 Å². The number of alkyl halides is 2. The lowest BCUT2D eigenvalue weighted by Gasteiger charge is -2.30. The molecule has 2 aliphatic heterocycles. The highest BCUT2D eigenvalue weighted by Gasteiger charge is 2.29. The third kappa shape index (κ3) is 7.45. The molecule has 6 nitrogen and oxygen atoms in total. The van der Waals surface area contributed by atoms with Crippen LogP contribution in [0.15, 0.2) is 35.0 Å². The van der Waals surface area contributed by atoms with Crippen LogP contribution >= 0.6 is 0 Å². The molecule has 3 heterocycles. The summed E-state index contributed by atoms with van der Waals surface area (Å²) in [7, 11) is 0. The Bertz CT molecular complexity index is 928. The lowest BCUT2D eigenvalue weighted by Crippen LogP contribution is -2.44. The van der Waals surface area contributed by atoms with Crippen molar-refractivity contribution in [3.05, 3.63) is 41.2 Å². The van der Waals surface area contributed by atoms with E-state index in [1.165, 1.54) is 6.92 Å². The highest BCUT2D eigenvalue weighted by molar-refractivity contribution is 6.14. The maximum absolute atomic E-state index is 15.0. The van der Waals surface area contributed by atoms with Gasteiger partial charge in [0.15, 0.2) is 0 Å². The van der Waals surface area contributed by atoms with Gasteiger partial charge in [-0.25, -0.2) is 14.4 Å². The molecule has 0 aliphatic carbocycles. The average molecular weight is 476 g/mol. The third-order valence-electron chi connectivity index (χ3n) is 5.77. The number of anilines is 1. The maximum atomic E-state index is 15.0. The van der Waals surface area contributed by atoms with Crippen molar-refractivity contribution in [1.82, 2.24) is 15.6 Å². The van der Waals surface area contributed by atoms with E-state index < -0.39 is 5.67 Å². The van der Waals surface area contributed by atoms with Crippen LogP contribution in [0.4, 0.5) is 14.6 Å². The number of carbonyl (C=O) groups excluding carboxylic acids is 1. The van der Waals surface area contributed by atoms with E-state index in [-0.39, 0.29) is 18.5 Å². The molecule has 1 unspecified atom stereocenters. The largest absolute Gasteiger partial charge is 0.354 e. The molecule has 1 aromatic rings. The molecule has 2 fully saturated rings. The molecule has 0 saturated carbocycles. The Morgan fingerprint density at radius 2 is 1.94 bits per heavy atom. The first-order valence-electron chi connectivity index (χ1n) is 12.1. The molecule has 2 aliphatic rings. The Balaban J connectivity index is 0.00000129. The minimum absolute atomic E-state index is 0.00555. The Morgan fingerprint density at radius 1 is 1.29 bits per heavy atom.